The molecule has 216 valence electrons. The predicted molar refractivity (Wildman–Crippen MR) is 158 cm³/mol. The van der Waals surface area contributed by atoms with Crippen molar-refractivity contribution in [2.24, 2.45) is 12.2 Å². The van der Waals surface area contributed by atoms with Gasteiger partial charge in [0.05, 0.1) is 23.4 Å². The summed E-state index contributed by atoms with van der Waals surface area (Å²) in [5.74, 6) is 0.884. The number of thioether (sulfide) groups is 1. The molecule has 1 atom stereocenters. The molecule has 0 aliphatic carbocycles. The summed E-state index contributed by atoms with van der Waals surface area (Å²) >= 11 is 13.7. The lowest BCUT2D eigenvalue weighted by atomic mass is 10.3. The number of anilines is 1. The molecule has 1 aromatic carbocycles. The van der Waals surface area contributed by atoms with Gasteiger partial charge in [-0.2, -0.15) is 0 Å². The summed E-state index contributed by atoms with van der Waals surface area (Å²) in [5, 5.41) is 4.38. The van der Waals surface area contributed by atoms with E-state index in [4.69, 9.17) is 38.2 Å². The Morgan fingerprint density at radius 3 is 2.65 bits per heavy atom. The zero-order valence-electron chi connectivity index (χ0n) is 22.7. The maximum absolute atomic E-state index is 13.8. The minimum atomic E-state index is -4.28. The van der Waals surface area contributed by atoms with E-state index in [1.807, 2.05) is 7.05 Å². The monoisotopic (exact) mass is 645 g/mol. The van der Waals surface area contributed by atoms with Gasteiger partial charge in [0.15, 0.2) is 0 Å². The maximum Gasteiger partial charge on any atom is 0.269 e. The molecule has 3 rings (SSSR count). The average molecular weight is 647 g/mol. The van der Waals surface area contributed by atoms with E-state index >= 15 is 0 Å². The molecule has 17 heteroatoms. The molecule has 0 amide bonds. The van der Waals surface area contributed by atoms with Crippen LogP contribution in [0.3, 0.4) is 0 Å². The first-order valence-corrected chi connectivity index (χ1v) is 18.9. The number of aryl methyl sites for hydroxylation is 1. The van der Waals surface area contributed by atoms with Crippen LogP contribution in [-0.2, 0) is 21.8 Å². The van der Waals surface area contributed by atoms with Crippen LogP contribution in [0.25, 0.3) is 0 Å². The first kappa shape index (κ1) is 32.0. The second-order valence-electron chi connectivity index (χ2n) is 9.73. The Labute approximate surface area is 248 Å². The van der Waals surface area contributed by atoms with Crippen molar-refractivity contribution in [3.63, 3.8) is 0 Å². The summed E-state index contributed by atoms with van der Waals surface area (Å²) in [7, 11) is -2.51. The highest BCUT2D eigenvalue weighted by Crippen LogP contribution is 2.36. The van der Waals surface area contributed by atoms with Crippen LogP contribution in [0.5, 0.6) is 5.88 Å². The molecule has 0 saturated heterocycles. The van der Waals surface area contributed by atoms with Crippen LogP contribution in [0.4, 0.5) is 5.82 Å². The summed E-state index contributed by atoms with van der Waals surface area (Å²) < 4.78 is 41.7. The first-order chi connectivity index (χ1) is 18.9. The van der Waals surface area contributed by atoms with Gasteiger partial charge in [-0.3, -0.25) is 0 Å². The number of halogens is 2. The van der Waals surface area contributed by atoms with Crippen LogP contribution in [0.15, 0.2) is 51.8 Å². The van der Waals surface area contributed by atoms with Gasteiger partial charge in [0.2, 0.25) is 16.8 Å². The van der Waals surface area contributed by atoms with Crippen molar-refractivity contribution in [3.8, 4) is 5.88 Å². The third-order valence-electron chi connectivity index (χ3n) is 5.56. The molecule has 0 saturated carbocycles. The summed E-state index contributed by atoms with van der Waals surface area (Å²) in [4.78, 5) is 16.2. The fourth-order valence-corrected chi connectivity index (χ4v) is 7.01. The number of methoxy groups -OCH3 is 1. The highest BCUT2D eigenvalue weighted by Gasteiger charge is 2.32. The lowest BCUT2D eigenvalue weighted by Gasteiger charge is -2.25. The number of ether oxygens (including phenoxy) is 2. The molecule has 0 bridgehead atoms. The van der Waals surface area contributed by atoms with Crippen molar-refractivity contribution >= 4 is 58.9 Å². The number of hydrogen-bond donors (Lipinski definition) is 1. The lowest BCUT2D eigenvalue weighted by Crippen LogP contribution is -2.35. The summed E-state index contributed by atoms with van der Waals surface area (Å²) in [5.41, 5.74) is 7.16. The fraction of sp³-hybridized carbons (Fsp3) is 0.435. The number of aromatic nitrogens is 4. The van der Waals surface area contributed by atoms with E-state index in [1.165, 1.54) is 43.3 Å². The van der Waals surface area contributed by atoms with Gasteiger partial charge in [0, 0.05) is 39.9 Å². The fourth-order valence-electron chi connectivity index (χ4n) is 3.39. The van der Waals surface area contributed by atoms with Crippen LogP contribution in [0.1, 0.15) is 11.9 Å². The van der Waals surface area contributed by atoms with Gasteiger partial charge in [0.25, 0.3) is 15.9 Å². The minimum Gasteiger partial charge on any atom is -0.478 e. The third-order valence-corrected chi connectivity index (χ3v) is 10.9. The van der Waals surface area contributed by atoms with Crippen molar-refractivity contribution in [2.75, 3.05) is 30.5 Å². The number of nitrogens with one attached hydrogen (secondary N) is 1. The van der Waals surface area contributed by atoms with Gasteiger partial charge in [-0.1, -0.05) is 48.9 Å². The van der Waals surface area contributed by atoms with Crippen molar-refractivity contribution in [3.05, 3.63) is 52.7 Å². The molecule has 0 spiro atoms. The molecular formula is C23H31Cl2N8O4S2Si+. The lowest BCUT2D eigenvalue weighted by molar-refractivity contribution is 0.155. The number of hydrogen-bond acceptors (Lipinski definition) is 10. The second-order valence-corrected chi connectivity index (χ2v) is 19.0. The topological polar surface area (TPSA) is 150 Å². The molecule has 3 aromatic rings. The number of sulfonamides is 1. The van der Waals surface area contributed by atoms with Gasteiger partial charge in [-0.25, -0.2) is 27.7 Å². The van der Waals surface area contributed by atoms with E-state index in [-0.39, 0.29) is 33.4 Å². The standard InChI is InChI=1S/C23H31Cl2N8O4S2Si/c1-32-10-9-27-21(32)17(30-31-26)14-38-19-13-28-22(23(29-19)36-2)33(15-37-11-12-40(3,4)5)39(34,35)18-8-6-7-16(24)20(18)25/h6-10,13,17,26H,11-12,14-15H2,1-5H3/q+1. The summed E-state index contributed by atoms with van der Waals surface area (Å²) in [6, 6.07) is 4.70. The van der Waals surface area contributed by atoms with Crippen LogP contribution < -0.4 is 14.0 Å². The minimum absolute atomic E-state index is 0.0313. The van der Waals surface area contributed by atoms with Crippen LogP contribution >= 0.6 is 35.0 Å². The first-order valence-electron chi connectivity index (χ1n) is 12.0. The number of imidazole rings is 1. The molecule has 40 heavy (non-hydrogen) atoms. The van der Waals surface area contributed by atoms with E-state index in [0.29, 0.717) is 23.2 Å². The van der Waals surface area contributed by atoms with Crippen LogP contribution in [0.2, 0.25) is 35.7 Å². The Balaban J connectivity index is 1.94. The smallest absolute Gasteiger partial charge is 0.269 e. The van der Waals surface area contributed by atoms with Crippen molar-refractivity contribution in [2.45, 2.75) is 41.6 Å². The van der Waals surface area contributed by atoms with Crippen LogP contribution in [-0.4, -0.2) is 62.2 Å². The maximum atomic E-state index is 13.8. The molecule has 2 heterocycles. The molecule has 1 unspecified atom stereocenters. The Morgan fingerprint density at radius 1 is 1.27 bits per heavy atom. The SMILES string of the molecule is COc1nc(SCC(N=[N+]=N)c2nccn2C)cnc1N(COCC[Si](C)(C)C)S(=O)(=O)c1cccc(Cl)c1Cl. The zero-order valence-corrected chi connectivity index (χ0v) is 26.9. The van der Waals surface area contributed by atoms with Gasteiger partial charge in [0.1, 0.15) is 33.1 Å². The van der Waals surface area contributed by atoms with Gasteiger partial charge >= 0.3 is 0 Å². The Morgan fingerprint density at radius 2 is 2.02 bits per heavy atom. The van der Waals surface area contributed by atoms with E-state index in [2.05, 4.69) is 44.6 Å². The quantitative estimate of drug-likeness (QED) is 0.0610. The van der Waals surface area contributed by atoms with Crippen LogP contribution in [0, 0.1) is 5.53 Å². The molecule has 2 aromatic heterocycles. The van der Waals surface area contributed by atoms with E-state index in [0.717, 1.165) is 10.3 Å². The summed E-state index contributed by atoms with van der Waals surface area (Å²) in [6.07, 6.45) is 4.84. The Kier molecular flexibility index (Phi) is 11.1. The molecule has 0 aliphatic rings. The molecule has 0 aliphatic heterocycles. The molecule has 0 fully saturated rings. The Bertz CT molecular complexity index is 1480. The van der Waals surface area contributed by atoms with Gasteiger partial charge in [-0.15, -0.1) is 11.8 Å². The van der Waals surface area contributed by atoms with Crippen molar-refractivity contribution in [1.82, 2.24) is 24.4 Å². The predicted octanol–water partition coefficient (Wildman–Crippen LogP) is 5.42. The van der Waals surface area contributed by atoms with E-state index in [1.54, 1.807) is 17.0 Å². The highest BCUT2D eigenvalue weighted by molar-refractivity contribution is 7.99. The largest absolute Gasteiger partial charge is 0.478 e. The molecule has 12 nitrogen and oxygen atoms in total. The second kappa shape index (κ2) is 13.9. The van der Waals surface area contributed by atoms with E-state index in [9.17, 15) is 8.42 Å². The van der Waals surface area contributed by atoms with E-state index < -0.39 is 24.1 Å². The summed E-state index contributed by atoms with van der Waals surface area (Å²) in [6.45, 7) is 6.63. The number of nitrogens with zero attached hydrogens (tertiary/aromatic N) is 7. The zero-order chi connectivity index (χ0) is 29.5. The third kappa shape index (κ3) is 8.03. The normalized spacial score (nSPS) is 12.6. The van der Waals surface area contributed by atoms with Crippen molar-refractivity contribution < 1.29 is 17.9 Å². The average Bonchev–Trinajstić information content (AvgIpc) is 3.32. The molecular weight excluding hydrogens is 615 g/mol. The van der Waals surface area contributed by atoms with Gasteiger partial charge < -0.3 is 14.0 Å². The molecule has 0 radical (unpaired) electrons. The molecule has 1 N–H and O–H groups in total. The Hall–Kier alpha value is -2.52. The van der Waals surface area contributed by atoms with Crippen molar-refractivity contribution in [1.29, 1.82) is 5.53 Å². The number of benzene rings is 1. The highest BCUT2D eigenvalue weighted by atomic mass is 35.5. The van der Waals surface area contributed by atoms with Gasteiger partial charge in [-0.05, 0) is 18.2 Å². The number of rotatable bonds is 14.